The van der Waals surface area contributed by atoms with Crippen LogP contribution < -0.4 is 15.5 Å². The molecule has 1 aromatic carbocycles. The second-order valence-electron chi connectivity index (χ2n) is 4.92. The largest absolute Gasteiger partial charge is 0.494 e. The summed E-state index contributed by atoms with van der Waals surface area (Å²) in [6.45, 7) is 3.56. The number of ether oxygens (including phenoxy) is 2. The van der Waals surface area contributed by atoms with Gasteiger partial charge in [0.05, 0.1) is 20.0 Å². The zero-order chi connectivity index (χ0) is 16.2. The first kappa shape index (κ1) is 15.1. The highest BCUT2D eigenvalue weighted by Crippen LogP contribution is 2.26. The van der Waals surface area contributed by atoms with Crippen LogP contribution in [-0.4, -0.2) is 35.8 Å². The van der Waals surface area contributed by atoms with E-state index in [4.69, 9.17) is 9.47 Å². The van der Waals surface area contributed by atoms with Crippen LogP contribution in [-0.2, 0) is 11.3 Å². The number of carbonyl (C=O) groups is 1. The van der Waals surface area contributed by atoms with Crippen molar-refractivity contribution < 1.29 is 14.3 Å². The summed E-state index contributed by atoms with van der Waals surface area (Å²) < 4.78 is 12.3. The lowest BCUT2D eigenvalue weighted by Gasteiger charge is -2.10. The fraction of sp³-hybridized carbons (Fsp3) is 0.312. The maximum absolute atomic E-state index is 12.4. The molecule has 2 heterocycles. The molecule has 0 amide bonds. The zero-order valence-corrected chi connectivity index (χ0v) is 13.1. The van der Waals surface area contributed by atoms with Gasteiger partial charge in [-0.3, -0.25) is 0 Å². The molecule has 23 heavy (non-hydrogen) atoms. The maximum atomic E-state index is 12.4. The molecule has 3 rings (SSSR count). The van der Waals surface area contributed by atoms with Crippen molar-refractivity contribution in [3.8, 4) is 5.75 Å². The lowest BCUT2D eigenvalue weighted by Crippen LogP contribution is -2.24. The molecule has 0 spiro atoms. The molecule has 7 heteroatoms. The van der Waals surface area contributed by atoms with E-state index in [-0.39, 0.29) is 0 Å². The average Bonchev–Trinajstić information content (AvgIpc) is 3.03. The molecule has 0 bridgehead atoms. The Morgan fingerprint density at radius 1 is 1.43 bits per heavy atom. The fourth-order valence-corrected chi connectivity index (χ4v) is 2.46. The quantitative estimate of drug-likeness (QED) is 0.870. The number of hydrogen-bond donors (Lipinski definition) is 1. The van der Waals surface area contributed by atoms with Crippen molar-refractivity contribution >= 4 is 17.5 Å². The highest BCUT2D eigenvalue weighted by molar-refractivity contribution is 5.94. The molecule has 0 saturated heterocycles. The van der Waals surface area contributed by atoms with E-state index in [1.807, 2.05) is 28.8 Å². The summed E-state index contributed by atoms with van der Waals surface area (Å²) >= 11 is 0. The lowest BCUT2D eigenvalue weighted by atomic mass is 10.2. The van der Waals surface area contributed by atoms with Crippen LogP contribution in [0.15, 0.2) is 35.6 Å². The standard InChI is InChI=1S/C16H18N4O3/c1-3-23-16(21)13-14(18-10-20-9-8-17-15(13)20)19-11-6-4-5-7-12(11)22-2/h4-7,10,17H,3,8-9H2,1-2H3. The molecule has 0 atom stereocenters. The Balaban J connectivity index is 2.19. The predicted octanol–water partition coefficient (Wildman–Crippen LogP) is 1.73. The van der Waals surface area contributed by atoms with E-state index in [0.29, 0.717) is 34.9 Å². The van der Waals surface area contributed by atoms with Gasteiger partial charge in [-0.15, -0.1) is 0 Å². The van der Waals surface area contributed by atoms with Crippen molar-refractivity contribution in [2.45, 2.75) is 13.5 Å². The number of nitrogens with one attached hydrogen (secondary N) is 1. The van der Waals surface area contributed by atoms with Crippen LogP contribution in [0, 0.1) is 0 Å². The van der Waals surface area contributed by atoms with Gasteiger partial charge in [-0.25, -0.2) is 14.8 Å². The van der Waals surface area contributed by atoms with E-state index in [1.54, 1.807) is 20.4 Å². The van der Waals surface area contributed by atoms with Crippen LogP contribution in [0.4, 0.5) is 11.5 Å². The molecule has 7 nitrogen and oxygen atoms in total. The summed E-state index contributed by atoms with van der Waals surface area (Å²) in [5, 5.41) is 3.19. The van der Waals surface area contributed by atoms with Crippen LogP contribution in [0.5, 0.6) is 5.75 Å². The number of fused-ring (bicyclic) bond motifs is 1. The molecule has 1 aromatic heterocycles. The smallest absolute Gasteiger partial charge is 0.345 e. The van der Waals surface area contributed by atoms with Crippen molar-refractivity contribution in [2.24, 2.45) is 4.99 Å². The van der Waals surface area contributed by atoms with E-state index in [9.17, 15) is 4.79 Å². The first-order valence-corrected chi connectivity index (χ1v) is 7.42. The van der Waals surface area contributed by atoms with Gasteiger partial charge in [-0.1, -0.05) is 12.1 Å². The van der Waals surface area contributed by atoms with Crippen molar-refractivity contribution in [1.82, 2.24) is 9.55 Å². The van der Waals surface area contributed by atoms with E-state index in [0.717, 1.165) is 13.1 Å². The van der Waals surface area contributed by atoms with Gasteiger partial charge in [0.2, 0.25) is 0 Å². The summed E-state index contributed by atoms with van der Waals surface area (Å²) in [6.07, 6.45) is 1.67. The molecule has 1 aliphatic rings. The number of carbonyl (C=O) groups excluding carboxylic acids is 1. The van der Waals surface area contributed by atoms with Crippen LogP contribution >= 0.6 is 0 Å². The topological polar surface area (TPSA) is 77.7 Å². The fourth-order valence-electron chi connectivity index (χ4n) is 2.46. The van der Waals surface area contributed by atoms with E-state index < -0.39 is 5.97 Å². The molecule has 0 radical (unpaired) electrons. The number of rotatable bonds is 4. The Morgan fingerprint density at radius 2 is 2.26 bits per heavy atom. The highest BCUT2D eigenvalue weighted by atomic mass is 16.5. The molecule has 1 N–H and O–H groups in total. The van der Waals surface area contributed by atoms with Crippen LogP contribution in [0.3, 0.4) is 0 Å². The van der Waals surface area contributed by atoms with Gasteiger partial charge in [-0.2, -0.15) is 0 Å². The zero-order valence-electron chi connectivity index (χ0n) is 13.1. The minimum absolute atomic E-state index is 0.293. The van der Waals surface area contributed by atoms with Gasteiger partial charge in [0, 0.05) is 13.1 Å². The lowest BCUT2D eigenvalue weighted by molar-refractivity contribution is 0.0524. The van der Waals surface area contributed by atoms with E-state index in [1.165, 1.54) is 0 Å². The van der Waals surface area contributed by atoms with E-state index >= 15 is 0 Å². The summed E-state index contributed by atoms with van der Waals surface area (Å²) in [4.78, 5) is 21.2. The number of hydrogen-bond acceptors (Lipinski definition) is 6. The summed E-state index contributed by atoms with van der Waals surface area (Å²) in [5.41, 5.74) is 1.27. The summed E-state index contributed by atoms with van der Waals surface area (Å²) in [6, 6.07) is 7.33. The molecule has 0 saturated carbocycles. The molecule has 0 fully saturated rings. The third-order valence-corrected chi connectivity index (χ3v) is 3.50. The third kappa shape index (κ3) is 2.90. The second-order valence-corrected chi connectivity index (χ2v) is 4.92. The van der Waals surface area contributed by atoms with Gasteiger partial charge < -0.3 is 19.4 Å². The normalized spacial score (nSPS) is 13.4. The molecular weight excluding hydrogens is 296 g/mol. The molecule has 0 aliphatic carbocycles. The number of anilines is 1. The number of esters is 1. The maximum Gasteiger partial charge on any atom is 0.345 e. The number of aromatic nitrogens is 2. The summed E-state index contributed by atoms with van der Waals surface area (Å²) in [5.74, 6) is 0.865. The van der Waals surface area contributed by atoms with Crippen molar-refractivity contribution in [3.05, 3.63) is 41.6 Å². The molecule has 0 unspecified atom stereocenters. The van der Waals surface area contributed by atoms with Crippen molar-refractivity contribution in [1.29, 1.82) is 0 Å². The number of para-hydroxylation sites is 2. The Bertz CT molecular complexity index is 798. The second kappa shape index (κ2) is 6.51. The highest BCUT2D eigenvalue weighted by Gasteiger charge is 2.22. The molecule has 2 aromatic rings. The Hall–Kier alpha value is -2.83. The van der Waals surface area contributed by atoms with Crippen molar-refractivity contribution in [3.63, 3.8) is 0 Å². The minimum atomic E-state index is -0.438. The van der Waals surface area contributed by atoms with Crippen LogP contribution in [0.25, 0.3) is 0 Å². The number of methoxy groups -OCH3 is 1. The van der Waals surface area contributed by atoms with Gasteiger partial charge in [0.1, 0.15) is 22.8 Å². The molecular formula is C16H18N4O3. The van der Waals surface area contributed by atoms with Gasteiger partial charge in [0.15, 0.2) is 5.49 Å². The first-order valence-electron chi connectivity index (χ1n) is 7.42. The average molecular weight is 314 g/mol. The van der Waals surface area contributed by atoms with Gasteiger partial charge in [0.25, 0.3) is 0 Å². The third-order valence-electron chi connectivity index (χ3n) is 3.50. The van der Waals surface area contributed by atoms with Gasteiger partial charge >= 0.3 is 5.97 Å². The number of nitrogens with zero attached hydrogens (tertiary/aromatic N) is 3. The van der Waals surface area contributed by atoms with Crippen LogP contribution in [0.1, 0.15) is 17.3 Å². The van der Waals surface area contributed by atoms with Gasteiger partial charge in [-0.05, 0) is 19.1 Å². The summed E-state index contributed by atoms with van der Waals surface area (Å²) in [7, 11) is 1.58. The van der Waals surface area contributed by atoms with E-state index in [2.05, 4.69) is 15.3 Å². The van der Waals surface area contributed by atoms with Crippen molar-refractivity contribution in [2.75, 3.05) is 25.6 Å². The number of benzene rings is 1. The molecule has 1 aliphatic heterocycles. The minimum Gasteiger partial charge on any atom is -0.494 e. The monoisotopic (exact) mass is 314 g/mol. The SMILES string of the molecule is CCOC(=O)c1c2n(cnc1=Nc1ccccc1OC)CCN2. The molecule has 120 valence electrons. The van der Waals surface area contributed by atoms with Crippen LogP contribution in [0.2, 0.25) is 0 Å². The Morgan fingerprint density at radius 3 is 3.04 bits per heavy atom. The Kier molecular flexibility index (Phi) is 4.27. The Labute approximate surface area is 133 Å². The first-order chi connectivity index (χ1) is 11.2. The predicted molar refractivity (Wildman–Crippen MR) is 84.9 cm³/mol.